The number of hydrogen-bond donors (Lipinski definition) is 4. The number of carbonyl (C=O) groups is 2. The Labute approximate surface area is 164 Å². The highest BCUT2D eigenvalue weighted by Gasteiger charge is 2.07. The number of ether oxygens (including phenoxy) is 1. The van der Waals surface area contributed by atoms with E-state index < -0.39 is 5.91 Å². The summed E-state index contributed by atoms with van der Waals surface area (Å²) in [5.74, 6) is 0.540. The van der Waals surface area contributed by atoms with Gasteiger partial charge in [0, 0.05) is 31.3 Å². The number of para-hydroxylation sites is 1. The third kappa shape index (κ3) is 6.31. The number of amides is 2. The van der Waals surface area contributed by atoms with E-state index in [4.69, 9.17) is 10.5 Å². The number of rotatable bonds is 8. The molecule has 0 fully saturated rings. The molecule has 0 unspecified atom stereocenters. The molecule has 8 heteroatoms. The number of guanidine groups is 1. The number of nitrogens with zero attached hydrogens (tertiary/aromatic N) is 1. The van der Waals surface area contributed by atoms with Crippen LogP contribution in [0.5, 0.6) is 5.75 Å². The summed E-state index contributed by atoms with van der Waals surface area (Å²) < 4.78 is 5.34. The lowest BCUT2D eigenvalue weighted by molar-refractivity contribution is -0.117. The van der Waals surface area contributed by atoms with Gasteiger partial charge in [0.05, 0.1) is 13.7 Å². The standard InChI is InChI=1S/C20H25N5O3/c1-22-20(25-12-16-5-3-4-6-17(16)28-2)24-11-14-7-9-15(10-8-14)19(27)23-13-18(21)26/h3-10H,11-13H2,1-2H3,(H2,21,26)(H,23,27)(H2,22,24,25). The highest BCUT2D eigenvalue weighted by molar-refractivity contribution is 5.96. The van der Waals surface area contributed by atoms with Crippen LogP contribution in [0, 0.1) is 0 Å². The zero-order valence-corrected chi connectivity index (χ0v) is 16.0. The number of aliphatic imine (C=N–C) groups is 1. The van der Waals surface area contributed by atoms with Crippen molar-refractivity contribution in [2.24, 2.45) is 10.7 Å². The van der Waals surface area contributed by atoms with Gasteiger partial charge in [0.2, 0.25) is 5.91 Å². The molecule has 0 saturated heterocycles. The summed E-state index contributed by atoms with van der Waals surface area (Å²) in [7, 11) is 3.34. The van der Waals surface area contributed by atoms with Crippen LogP contribution in [-0.2, 0) is 17.9 Å². The Kier molecular flexibility index (Phi) is 7.83. The molecule has 5 N–H and O–H groups in total. The first-order chi connectivity index (χ1) is 13.5. The van der Waals surface area contributed by atoms with Gasteiger partial charge >= 0.3 is 0 Å². The first-order valence-electron chi connectivity index (χ1n) is 8.75. The number of primary amides is 1. The van der Waals surface area contributed by atoms with Gasteiger partial charge in [-0.25, -0.2) is 0 Å². The molecular formula is C20H25N5O3. The predicted molar refractivity (Wildman–Crippen MR) is 108 cm³/mol. The molecule has 2 aromatic carbocycles. The van der Waals surface area contributed by atoms with Crippen LogP contribution in [0.25, 0.3) is 0 Å². The Morgan fingerprint density at radius 2 is 1.68 bits per heavy atom. The van der Waals surface area contributed by atoms with E-state index in [1.165, 1.54) is 0 Å². The molecule has 0 aliphatic heterocycles. The van der Waals surface area contributed by atoms with Crippen LogP contribution in [-0.4, -0.2) is 38.5 Å². The lowest BCUT2D eigenvalue weighted by Crippen LogP contribution is -2.36. The summed E-state index contributed by atoms with van der Waals surface area (Å²) in [6, 6.07) is 14.8. The molecule has 0 spiro atoms. The average Bonchev–Trinajstić information content (AvgIpc) is 2.72. The summed E-state index contributed by atoms with van der Waals surface area (Å²) in [4.78, 5) is 26.8. The third-order valence-electron chi connectivity index (χ3n) is 3.96. The fraction of sp³-hybridized carbons (Fsp3) is 0.250. The van der Waals surface area contributed by atoms with Crippen LogP contribution in [0.4, 0.5) is 0 Å². The second-order valence-electron chi connectivity index (χ2n) is 5.94. The van der Waals surface area contributed by atoms with E-state index in [1.54, 1.807) is 26.3 Å². The highest BCUT2D eigenvalue weighted by atomic mass is 16.5. The lowest BCUT2D eigenvalue weighted by atomic mass is 10.1. The van der Waals surface area contributed by atoms with E-state index in [0.717, 1.165) is 16.9 Å². The van der Waals surface area contributed by atoms with Gasteiger partial charge in [-0.05, 0) is 23.8 Å². The maximum absolute atomic E-state index is 11.9. The molecule has 0 heterocycles. The van der Waals surface area contributed by atoms with Gasteiger partial charge in [0.15, 0.2) is 5.96 Å². The number of benzene rings is 2. The molecule has 0 radical (unpaired) electrons. The Hall–Kier alpha value is -3.55. The normalized spacial score (nSPS) is 10.9. The van der Waals surface area contributed by atoms with Crippen molar-refractivity contribution < 1.29 is 14.3 Å². The van der Waals surface area contributed by atoms with Crippen molar-refractivity contribution in [1.82, 2.24) is 16.0 Å². The van der Waals surface area contributed by atoms with E-state index in [0.29, 0.717) is 24.6 Å². The Morgan fingerprint density at radius 3 is 2.32 bits per heavy atom. The zero-order valence-electron chi connectivity index (χ0n) is 16.0. The number of hydrogen-bond acceptors (Lipinski definition) is 4. The quantitative estimate of drug-likeness (QED) is 0.397. The zero-order chi connectivity index (χ0) is 20.4. The highest BCUT2D eigenvalue weighted by Crippen LogP contribution is 2.16. The van der Waals surface area contributed by atoms with Crippen LogP contribution in [0.2, 0.25) is 0 Å². The van der Waals surface area contributed by atoms with E-state index in [1.807, 2.05) is 36.4 Å². The molecule has 0 aliphatic carbocycles. The summed E-state index contributed by atoms with van der Waals surface area (Å²) in [5.41, 5.74) is 7.48. The van der Waals surface area contributed by atoms with Crippen molar-refractivity contribution in [2.45, 2.75) is 13.1 Å². The lowest BCUT2D eigenvalue weighted by Gasteiger charge is -2.14. The van der Waals surface area contributed by atoms with Crippen molar-refractivity contribution >= 4 is 17.8 Å². The molecule has 8 nitrogen and oxygen atoms in total. The molecule has 28 heavy (non-hydrogen) atoms. The van der Waals surface area contributed by atoms with Gasteiger partial charge in [-0.2, -0.15) is 0 Å². The molecule has 0 atom stereocenters. The minimum absolute atomic E-state index is 0.184. The first kappa shape index (κ1) is 20.8. The van der Waals surface area contributed by atoms with E-state index in [9.17, 15) is 9.59 Å². The van der Waals surface area contributed by atoms with Gasteiger partial charge < -0.3 is 26.4 Å². The van der Waals surface area contributed by atoms with Crippen LogP contribution < -0.4 is 26.4 Å². The summed E-state index contributed by atoms with van der Waals surface area (Å²) in [6.07, 6.45) is 0. The van der Waals surface area contributed by atoms with Gasteiger partial charge in [-0.1, -0.05) is 30.3 Å². The van der Waals surface area contributed by atoms with E-state index in [2.05, 4.69) is 20.9 Å². The second kappa shape index (κ2) is 10.6. The molecule has 0 saturated carbocycles. The topological polar surface area (TPSA) is 118 Å². The minimum Gasteiger partial charge on any atom is -0.496 e. The maximum atomic E-state index is 11.9. The Bertz CT molecular complexity index is 834. The average molecular weight is 383 g/mol. The minimum atomic E-state index is -0.582. The summed E-state index contributed by atoms with van der Waals surface area (Å²) in [6.45, 7) is 0.924. The van der Waals surface area contributed by atoms with Crippen LogP contribution in [0.15, 0.2) is 53.5 Å². The van der Waals surface area contributed by atoms with Gasteiger partial charge in [-0.15, -0.1) is 0 Å². The summed E-state index contributed by atoms with van der Waals surface area (Å²) >= 11 is 0. The predicted octanol–water partition coefficient (Wildman–Crippen LogP) is 0.776. The van der Waals surface area contributed by atoms with Crippen molar-refractivity contribution in [3.05, 3.63) is 65.2 Å². The van der Waals surface area contributed by atoms with Crippen molar-refractivity contribution in [3.63, 3.8) is 0 Å². The van der Waals surface area contributed by atoms with Gasteiger partial charge in [0.1, 0.15) is 5.75 Å². The monoisotopic (exact) mass is 383 g/mol. The number of carbonyl (C=O) groups excluding carboxylic acids is 2. The maximum Gasteiger partial charge on any atom is 0.251 e. The van der Waals surface area contributed by atoms with E-state index in [-0.39, 0.29) is 12.5 Å². The SMILES string of the molecule is CN=C(NCc1ccc(C(=O)NCC(N)=O)cc1)NCc1ccccc1OC. The number of nitrogens with two attached hydrogens (primary N) is 1. The fourth-order valence-corrected chi connectivity index (χ4v) is 2.48. The largest absolute Gasteiger partial charge is 0.496 e. The molecule has 2 aromatic rings. The number of methoxy groups -OCH3 is 1. The van der Waals surface area contributed by atoms with Gasteiger partial charge in [0.25, 0.3) is 5.91 Å². The van der Waals surface area contributed by atoms with Crippen LogP contribution >= 0.6 is 0 Å². The molecule has 2 rings (SSSR count). The van der Waals surface area contributed by atoms with Crippen molar-refractivity contribution in [1.29, 1.82) is 0 Å². The van der Waals surface area contributed by atoms with Crippen LogP contribution in [0.1, 0.15) is 21.5 Å². The molecular weight excluding hydrogens is 358 g/mol. The molecule has 0 aromatic heterocycles. The molecule has 0 aliphatic rings. The van der Waals surface area contributed by atoms with Crippen molar-refractivity contribution in [2.75, 3.05) is 20.7 Å². The second-order valence-corrected chi connectivity index (χ2v) is 5.94. The molecule has 148 valence electrons. The molecule has 2 amide bonds. The number of nitrogens with one attached hydrogen (secondary N) is 3. The van der Waals surface area contributed by atoms with Crippen molar-refractivity contribution in [3.8, 4) is 5.75 Å². The first-order valence-corrected chi connectivity index (χ1v) is 8.75. The van der Waals surface area contributed by atoms with Crippen LogP contribution in [0.3, 0.4) is 0 Å². The third-order valence-corrected chi connectivity index (χ3v) is 3.96. The van der Waals surface area contributed by atoms with E-state index >= 15 is 0 Å². The smallest absolute Gasteiger partial charge is 0.251 e. The Balaban J connectivity index is 1.86. The molecule has 0 bridgehead atoms. The Morgan fingerprint density at radius 1 is 1.00 bits per heavy atom. The summed E-state index contributed by atoms with van der Waals surface area (Å²) in [5, 5.41) is 8.91. The van der Waals surface area contributed by atoms with Gasteiger partial charge in [-0.3, -0.25) is 14.6 Å². The fourth-order valence-electron chi connectivity index (χ4n) is 2.48.